The van der Waals surface area contributed by atoms with Crippen molar-refractivity contribution in [2.24, 2.45) is 0 Å². The van der Waals surface area contributed by atoms with Gasteiger partial charge < -0.3 is 10.2 Å². The van der Waals surface area contributed by atoms with E-state index in [1.54, 1.807) is 18.2 Å². The molecular weight excluding hydrogens is 270 g/mol. The number of benzene rings is 2. The zero-order valence-electron chi connectivity index (χ0n) is 12.0. The van der Waals surface area contributed by atoms with Crippen molar-refractivity contribution >= 4 is 11.4 Å². The first-order chi connectivity index (χ1) is 10.2. The van der Waals surface area contributed by atoms with Crippen molar-refractivity contribution in [2.45, 2.75) is 19.9 Å². The van der Waals surface area contributed by atoms with Gasteiger partial charge in [-0.1, -0.05) is 19.1 Å². The largest absolute Gasteiger partial charge is 0.338 e. The van der Waals surface area contributed by atoms with Gasteiger partial charge in [-0.15, -0.1) is 0 Å². The molecule has 0 aliphatic carbocycles. The number of halogens is 2. The van der Waals surface area contributed by atoms with Gasteiger partial charge >= 0.3 is 0 Å². The number of anilines is 2. The predicted molar refractivity (Wildman–Crippen MR) is 80.9 cm³/mol. The van der Waals surface area contributed by atoms with Crippen LogP contribution in [0.5, 0.6) is 0 Å². The van der Waals surface area contributed by atoms with Crippen molar-refractivity contribution in [1.29, 1.82) is 0 Å². The van der Waals surface area contributed by atoms with Crippen molar-refractivity contribution in [3.8, 4) is 0 Å². The molecule has 0 atom stereocenters. The third-order valence-corrected chi connectivity index (χ3v) is 3.82. The van der Waals surface area contributed by atoms with E-state index in [2.05, 4.69) is 5.32 Å². The number of nitrogens with one attached hydrogen (secondary N) is 1. The van der Waals surface area contributed by atoms with Crippen molar-refractivity contribution < 1.29 is 8.78 Å². The highest BCUT2D eigenvalue weighted by molar-refractivity contribution is 5.70. The Bertz CT molecular complexity index is 655. The summed E-state index contributed by atoms with van der Waals surface area (Å²) < 4.78 is 27.8. The monoisotopic (exact) mass is 288 g/mol. The maximum atomic E-state index is 14.4. The van der Waals surface area contributed by atoms with Gasteiger partial charge in [0.25, 0.3) is 0 Å². The lowest BCUT2D eigenvalue weighted by atomic mass is 10.1. The SMILES string of the molecule is CCNCc1ccc(N2CCc3ccc(F)cc32)c(F)c1. The van der Waals surface area contributed by atoms with Gasteiger partial charge in [-0.3, -0.25) is 0 Å². The zero-order valence-corrected chi connectivity index (χ0v) is 12.0. The Hall–Kier alpha value is -1.94. The lowest BCUT2D eigenvalue weighted by Crippen LogP contribution is -2.16. The minimum atomic E-state index is -0.287. The van der Waals surface area contributed by atoms with E-state index in [4.69, 9.17) is 0 Å². The van der Waals surface area contributed by atoms with Crippen molar-refractivity contribution in [1.82, 2.24) is 5.32 Å². The lowest BCUT2D eigenvalue weighted by molar-refractivity contribution is 0.619. The van der Waals surface area contributed by atoms with Crippen LogP contribution in [0.2, 0.25) is 0 Å². The number of hydrogen-bond donors (Lipinski definition) is 1. The van der Waals surface area contributed by atoms with Gasteiger partial charge in [0.05, 0.1) is 5.69 Å². The second-order valence-corrected chi connectivity index (χ2v) is 5.24. The van der Waals surface area contributed by atoms with Crippen LogP contribution in [0.1, 0.15) is 18.1 Å². The number of rotatable bonds is 4. The molecule has 3 rings (SSSR count). The fourth-order valence-electron chi connectivity index (χ4n) is 2.75. The van der Waals surface area contributed by atoms with E-state index in [1.165, 1.54) is 12.1 Å². The summed E-state index contributed by atoms with van der Waals surface area (Å²) in [6, 6.07) is 9.96. The molecule has 0 spiro atoms. The van der Waals surface area contributed by atoms with Gasteiger partial charge in [-0.2, -0.15) is 0 Å². The van der Waals surface area contributed by atoms with E-state index < -0.39 is 0 Å². The first-order valence-corrected chi connectivity index (χ1v) is 7.24. The molecule has 2 nitrogen and oxygen atoms in total. The molecule has 0 bridgehead atoms. The summed E-state index contributed by atoms with van der Waals surface area (Å²) in [6.07, 6.45) is 0.814. The van der Waals surface area contributed by atoms with Gasteiger partial charge in [-0.05, 0) is 48.4 Å². The third-order valence-electron chi connectivity index (χ3n) is 3.82. The van der Waals surface area contributed by atoms with Crippen molar-refractivity contribution in [3.63, 3.8) is 0 Å². The van der Waals surface area contributed by atoms with Gasteiger partial charge in [0.15, 0.2) is 0 Å². The van der Waals surface area contributed by atoms with Gasteiger partial charge in [-0.25, -0.2) is 8.78 Å². The van der Waals surface area contributed by atoms with E-state index in [-0.39, 0.29) is 11.6 Å². The summed E-state index contributed by atoms with van der Waals surface area (Å²) in [5.41, 5.74) is 3.26. The average molecular weight is 288 g/mol. The minimum Gasteiger partial charge on any atom is -0.338 e. The molecule has 2 aromatic rings. The molecule has 0 aromatic heterocycles. The highest BCUT2D eigenvalue weighted by atomic mass is 19.1. The number of nitrogens with zero attached hydrogens (tertiary/aromatic N) is 1. The van der Waals surface area contributed by atoms with Crippen LogP contribution in [0.25, 0.3) is 0 Å². The molecule has 1 aliphatic heterocycles. The molecule has 4 heteroatoms. The van der Waals surface area contributed by atoms with Crippen LogP contribution in [0.15, 0.2) is 36.4 Å². The summed E-state index contributed by atoms with van der Waals surface area (Å²) >= 11 is 0. The predicted octanol–water partition coefficient (Wildman–Crippen LogP) is 3.77. The molecular formula is C17H18F2N2. The Morgan fingerprint density at radius 1 is 1.10 bits per heavy atom. The molecule has 110 valence electrons. The molecule has 21 heavy (non-hydrogen) atoms. The first-order valence-electron chi connectivity index (χ1n) is 7.24. The van der Waals surface area contributed by atoms with Crippen LogP contribution in [0.3, 0.4) is 0 Å². The van der Waals surface area contributed by atoms with Crippen LogP contribution in [0.4, 0.5) is 20.2 Å². The average Bonchev–Trinajstić information content (AvgIpc) is 2.88. The number of hydrogen-bond acceptors (Lipinski definition) is 2. The molecule has 1 N–H and O–H groups in total. The van der Waals surface area contributed by atoms with Crippen LogP contribution < -0.4 is 10.2 Å². The summed E-state index contributed by atoms with van der Waals surface area (Å²) in [7, 11) is 0. The maximum Gasteiger partial charge on any atom is 0.147 e. The number of fused-ring (bicyclic) bond motifs is 1. The molecule has 0 fully saturated rings. The van der Waals surface area contributed by atoms with E-state index in [9.17, 15) is 8.78 Å². The summed E-state index contributed by atoms with van der Waals surface area (Å²) in [4.78, 5) is 1.85. The van der Waals surface area contributed by atoms with E-state index in [0.29, 0.717) is 18.8 Å². The Kier molecular flexibility index (Phi) is 3.88. The highest BCUT2D eigenvalue weighted by Gasteiger charge is 2.23. The molecule has 0 amide bonds. The zero-order chi connectivity index (χ0) is 14.8. The van der Waals surface area contributed by atoms with E-state index in [0.717, 1.165) is 29.8 Å². The first kappa shape index (κ1) is 14.0. The second-order valence-electron chi connectivity index (χ2n) is 5.24. The summed E-state index contributed by atoms with van der Waals surface area (Å²) in [5.74, 6) is -0.549. The molecule has 0 saturated carbocycles. The quantitative estimate of drug-likeness (QED) is 0.921. The van der Waals surface area contributed by atoms with Crippen LogP contribution in [-0.2, 0) is 13.0 Å². The van der Waals surface area contributed by atoms with Crippen molar-refractivity contribution in [3.05, 3.63) is 59.2 Å². The minimum absolute atomic E-state index is 0.262. The van der Waals surface area contributed by atoms with Gasteiger partial charge in [0.2, 0.25) is 0 Å². The Morgan fingerprint density at radius 3 is 2.71 bits per heavy atom. The van der Waals surface area contributed by atoms with Crippen LogP contribution in [-0.4, -0.2) is 13.1 Å². The maximum absolute atomic E-state index is 14.4. The molecule has 0 saturated heterocycles. The molecule has 1 aliphatic rings. The lowest BCUT2D eigenvalue weighted by Gasteiger charge is -2.20. The van der Waals surface area contributed by atoms with E-state index >= 15 is 0 Å². The Labute approximate surface area is 123 Å². The highest BCUT2D eigenvalue weighted by Crippen LogP contribution is 2.36. The topological polar surface area (TPSA) is 15.3 Å². The van der Waals surface area contributed by atoms with Crippen LogP contribution >= 0.6 is 0 Å². The molecule has 0 unspecified atom stereocenters. The third kappa shape index (κ3) is 2.76. The van der Waals surface area contributed by atoms with Crippen molar-refractivity contribution in [2.75, 3.05) is 18.0 Å². The standard InChI is InChI=1S/C17H18F2N2/c1-2-20-11-12-3-6-16(15(19)9-12)21-8-7-13-4-5-14(18)10-17(13)21/h3-6,9-10,20H,2,7-8,11H2,1H3. The fraction of sp³-hybridized carbons (Fsp3) is 0.294. The normalized spacial score (nSPS) is 13.6. The second kappa shape index (κ2) is 5.82. The molecule has 2 aromatic carbocycles. The smallest absolute Gasteiger partial charge is 0.147 e. The van der Waals surface area contributed by atoms with E-state index in [1.807, 2.05) is 17.9 Å². The fourth-order valence-corrected chi connectivity index (χ4v) is 2.75. The van der Waals surface area contributed by atoms with Gasteiger partial charge in [0, 0.05) is 18.8 Å². The Morgan fingerprint density at radius 2 is 1.95 bits per heavy atom. The molecule has 0 radical (unpaired) electrons. The van der Waals surface area contributed by atoms with Gasteiger partial charge in [0.1, 0.15) is 11.6 Å². The summed E-state index contributed by atoms with van der Waals surface area (Å²) in [6.45, 7) is 4.20. The Balaban J connectivity index is 1.91. The van der Waals surface area contributed by atoms with Crippen LogP contribution in [0, 0.1) is 11.6 Å². The molecule has 1 heterocycles. The summed E-state index contributed by atoms with van der Waals surface area (Å²) in [5, 5.41) is 3.17.